The van der Waals surface area contributed by atoms with Crippen molar-refractivity contribution in [2.75, 3.05) is 7.11 Å². The van der Waals surface area contributed by atoms with Gasteiger partial charge in [-0.15, -0.1) is 0 Å². The minimum atomic E-state index is 0.725. The van der Waals surface area contributed by atoms with Crippen molar-refractivity contribution in [3.05, 3.63) is 42.1 Å². The van der Waals surface area contributed by atoms with Crippen LogP contribution in [0.4, 0.5) is 0 Å². The molecule has 0 bridgehead atoms. The maximum atomic E-state index is 9.75. The summed E-state index contributed by atoms with van der Waals surface area (Å²) in [4.78, 5) is 13.1. The minimum Gasteiger partial charge on any atom is -0.497 e. The second-order valence-corrected chi connectivity index (χ2v) is 2.66. The second kappa shape index (κ2) is 5.73. The summed E-state index contributed by atoms with van der Waals surface area (Å²) in [5.41, 5.74) is 1.11. The molecule has 3 nitrogen and oxygen atoms in total. The molecule has 0 aromatic heterocycles. The van der Waals surface area contributed by atoms with Crippen LogP contribution < -0.4 is 4.74 Å². The molecule has 0 N–H and O–H groups in total. The smallest absolute Gasteiger partial charge is 0.239 e. The van der Waals surface area contributed by atoms with Gasteiger partial charge in [-0.25, -0.2) is 4.79 Å². The van der Waals surface area contributed by atoms with Crippen molar-refractivity contribution in [3.8, 4) is 5.75 Å². The Morgan fingerprint density at radius 3 is 3.14 bits per heavy atom. The lowest BCUT2D eigenvalue weighted by Gasteiger charge is -2.00. The number of carbonyl (C=O) groups excluding carboxylic acids is 1. The van der Waals surface area contributed by atoms with Gasteiger partial charge < -0.3 is 4.74 Å². The predicted octanol–water partition coefficient (Wildman–Crippen LogP) is 2.09. The fourth-order valence-electron chi connectivity index (χ4n) is 1.07. The number of nitrogens with zero attached hydrogens (tertiary/aromatic N) is 1. The predicted molar refractivity (Wildman–Crippen MR) is 54.0 cm³/mol. The molecule has 0 unspecified atom stereocenters. The lowest BCUT2D eigenvalue weighted by atomic mass is 10.1. The molecular weight excluding hydrogens is 178 g/mol. The van der Waals surface area contributed by atoms with Gasteiger partial charge in [-0.3, -0.25) is 0 Å². The normalized spacial score (nSPS) is 9.79. The van der Waals surface area contributed by atoms with Gasteiger partial charge in [-0.1, -0.05) is 18.2 Å². The molecule has 0 spiro atoms. The van der Waals surface area contributed by atoms with Crippen LogP contribution in [-0.4, -0.2) is 13.2 Å². The van der Waals surface area contributed by atoms with Gasteiger partial charge in [0.2, 0.25) is 6.08 Å². The summed E-state index contributed by atoms with van der Waals surface area (Å²) in [7, 11) is 1.63. The zero-order valence-corrected chi connectivity index (χ0v) is 7.93. The Kier molecular flexibility index (Phi) is 4.18. The fourth-order valence-corrected chi connectivity index (χ4v) is 1.07. The molecule has 0 aliphatic carbocycles. The Morgan fingerprint density at radius 1 is 1.57 bits per heavy atom. The Labute approximate surface area is 82.7 Å². The highest BCUT2D eigenvalue weighted by Gasteiger charge is 1.92. The molecule has 0 aliphatic rings. The molecule has 0 saturated carbocycles. The van der Waals surface area contributed by atoms with Gasteiger partial charge in [-0.05, 0) is 24.1 Å². The third-order valence-electron chi connectivity index (χ3n) is 1.72. The van der Waals surface area contributed by atoms with Gasteiger partial charge in [-0.2, -0.15) is 4.99 Å². The summed E-state index contributed by atoms with van der Waals surface area (Å²) < 4.78 is 5.07. The first-order valence-electron chi connectivity index (χ1n) is 4.21. The van der Waals surface area contributed by atoms with Crippen LogP contribution in [0.2, 0.25) is 0 Å². The molecule has 0 radical (unpaired) electrons. The number of aliphatic imine (C=N–C) groups is 1. The molecule has 0 amide bonds. The zero-order valence-electron chi connectivity index (χ0n) is 7.93. The van der Waals surface area contributed by atoms with E-state index in [0.29, 0.717) is 0 Å². The van der Waals surface area contributed by atoms with Crippen LogP contribution in [0, 0.1) is 0 Å². The lowest BCUT2D eigenvalue weighted by Crippen LogP contribution is -1.85. The molecule has 1 rings (SSSR count). The first-order valence-corrected chi connectivity index (χ1v) is 4.21. The average Bonchev–Trinajstić information content (AvgIpc) is 2.25. The Morgan fingerprint density at radius 2 is 2.43 bits per heavy atom. The van der Waals surface area contributed by atoms with E-state index >= 15 is 0 Å². The monoisotopic (exact) mass is 189 g/mol. The number of isocyanates is 1. The van der Waals surface area contributed by atoms with Gasteiger partial charge in [0, 0.05) is 6.20 Å². The summed E-state index contributed by atoms with van der Waals surface area (Å²) in [6, 6.07) is 7.73. The van der Waals surface area contributed by atoms with Gasteiger partial charge in [0.05, 0.1) is 7.11 Å². The first-order chi connectivity index (χ1) is 6.86. The standard InChI is InChI=1S/C11H11NO2/c1-14-11-6-2-4-10(8-11)5-3-7-12-9-13/h2-4,6-8H,5H2,1H3/b7-3-. The Hall–Kier alpha value is -1.86. The molecule has 0 saturated heterocycles. The highest BCUT2D eigenvalue weighted by atomic mass is 16.5. The number of allylic oxidation sites excluding steroid dienone is 1. The summed E-state index contributed by atoms with van der Waals surface area (Å²) in [6.07, 6.45) is 5.39. The molecule has 72 valence electrons. The molecule has 0 fully saturated rings. The largest absolute Gasteiger partial charge is 0.497 e. The van der Waals surface area contributed by atoms with Gasteiger partial charge in [0.1, 0.15) is 5.75 Å². The summed E-state index contributed by atoms with van der Waals surface area (Å²) >= 11 is 0. The van der Waals surface area contributed by atoms with Crippen LogP contribution in [-0.2, 0) is 11.2 Å². The maximum absolute atomic E-state index is 9.75. The van der Waals surface area contributed by atoms with E-state index in [1.54, 1.807) is 13.2 Å². The van der Waals surface area contributed by atoms with Crippen molar-refractivity contribution in [3.63, 3.8) is 0 Å². The molecule has 14 heavy (non-hydrogen) atoms. The van der Waals surface area contributed by atoms with E-state index < -0.39 is 0 Å². The van der Waals surface area contributed by atoms with Gasteiger partial charge in [0.15, 0.2) is 0 Å². The van der Waals surface area contributed by atoms with E-state index in [1.165, 1.54) is 12.3 Å². The molecule has 3 heteroatoms. The number of benzene rings is 1. The highest BCUT2D eigenvalue weighted by molar-refractivity contribution is 5.35. The van der Waals surface area contributed by atoms with E-state index in [2.05, 4.69) is 4.99 Å². The zero-order chi connectivity index (χ0) is 10.2. The third-order valence-corrected chi connectivity index (χ3v) is 1.72. The Balaban J connectivity index is 2.62. The van der Waals surface area contributed by atoms with Crippen molar-refractivity contribution in [2.45, 2.75) is 6.42 Å². The number of hydrogen-bond donors (Lipinski definition) is 0. The van der Waals surface area contributed by atoms with E-state index in [-0.39, 0.29) is 0 Å². The quantitative estimate of drug-likeness (QED) is 0.537. The fraction of sp³-hybridized carbons (Fsp3) is 0.182. The van der Waals surface area contributed by atoms with Gasteiger partial charge in [0.25, 0.3) is 0 Å². The molecule has 0 aliphatic heterocycles. The maximum Gasteiger partial charge on any atom is 0.239 e. The summed E-state index contributed by atoms with van der Waals surface area (Å²) in [5.74, 6) is 0.829. The van der Waals surface area contributed by atoms with E-state index in [4.69, 9.17) is 4.74 Å². The molecular formula is C11H11NO2. The molecule has 1 aromatic carbocycles. The number of ether oxygens (including phenoxy) is 1. The van der Waals surface area contributed by atoms with Crippen molar-refractivity contribution >= 4 is 6.08 Å². The Bertz CT molecular complexity index is 365. The van der Waals surface area contributed by atoms with Crippen molar-refractivity contribution < 1.29 is 9.53 Å². The minimum absolute atomic E-state index is 0.725. The van der Waals surface area contributed by atoms with Crippen molar-refractivity contribution in [1.82, 2.24) is 0 Å². The molecule has 0 heterocycles. The third kappa shape index (κ3) is 3.25. The second-order valence-electron chi connectivity index (χ2n) is 2.66. The van der Waals surface area contributed by atoms with Crippen LogP contribution in [0.25, 0.3) is 0 Å². The van der Waals surface area contributed by atoms with Crippen LogP contribution in [0.15, 0.2) is 41.5 Å². The van der Waals surface area contributed by atoms with Gasteiger partial charge >= 0.3 is 0 Å². The van der Waals surface area contributed by atoms with E-state index in [0.717, 1.165) is 17.7 Å². The molecule has 0 atom stereocenters. The van der Waals surface area contributed by atoms with Crippen LogP contribution in [0.1, 0.15) is 5.56 Å². The first kappa shape index (κ1) is 10.2. The number of hydrogen-bond acceptors (Lipinski definition) is 3. The topological polar surface area (TPSA) is 38.7 Å². The van der Waals surface area contributed by atoms with Crippen LogP contribution >= 0.6 is 0 Å². The van der Waals surface area contributed by atoms with Crippen LogP contribution in [0.3, 0.4) is 0 Å². The van der Waals surface area contributed by atoms with Crippen molar-refractivity contribution in [1.29, 1.82) is 0 Å². The van der Waals surface area contributed by atoms with E-state index in [9.17, 15) is 4.79 Å². The molecule has 1 aromatic rings. The average molecular weight is 189 g/mol. The highest BCUT2D eigenvalue weighted by Crippen LogP contribution is 2.12. The SMILES string of the molecule is COc1cccc(C/C=C\N=C=O)c1. The number of rotatable bonds is 4. The van der Waals surface area contributed by atoms with Crippen molar-refractivity contribution in [2.24, 2.45) is 4.99 Å². The van der Waals surface area contributed by atoms with E-state index in [1.807, 2.05) is 24.3 Å². The lowest BCUT2D eigenvalue weighted by molar-refractivity contribution is 0.414. The number of methoxy groups -OCH3 is 1. The van der Waals surface area contributed by atoms with Crippen LogP contribution in [0.5, 0.6) is 5.75 Å². The summed E-state index contributed by atoms with van der Waals surface area (Å²) in [6.45, 7) is 0. The summed E-state index contributed by atoms with van der Waals surface area (Å²) in [5, 5.41) is 0.